The average molecular weight is 888 g/mol. The van der Waals surface area contributed by atoms with Crippen molar-refractivity contribution in [3.8, 4) is 41.1 Å². The standard InChI is InChI=1S/C50H54N4O7S2/c1-27-4-6-31(40(57)18-27)41(58)19-28(55)5-7-29-36-24-62-63-26-50-15-12-30-34-21-52-38-23-54(22-35(34)38)48-37(10-11-39(56)32-8-9-33(45(50)44(30)32)47(51)53-25-50)49(13-2-3-14-49)16-17-60-43(20-42(29)59)46(36)61-48/h4,6,8-9,20-22,27,30-31,37,39-41,47-48,53,56-59H,2-3,5,7,12-15,18-19,23-26,51H2,1H3/p+1/t27-,30-,31-,37+,39+,40-,41+,47-,48+,50+/m1/s1. The van der Waals surface area contributed by atoms with Crippen molar-refractivity contribution in [1.82, 2.24) is 5.32 Å². The molecule has 8 N–H and O–H groups in total. The van der Waals surface area contributed by atoms with E-state index < -0.39 is 41.8 Å². The van der Waals surface area contributed by atoms with Crippen LogP contribution >= 0.6 is 21.6 Å². The molecule has 10 bridgehead atoms. The Balaban J connectivity index is 1.06. The summed E-state index contributed by atoms with van der Waals surface area (Å²) in [5.41, 5.74) is 14.9. The molecule has 11 atom stereocenters. The maximum absolute atomic E-state index is 13.7. The predicted molar refractivity (Wildman–Crippen MR) is 243 cm³/mol. The molecule has 8 aliphatic heterocycles. The van der Waals surface area contributed by atoms with Gasteiger partial charge in [0.05, 0.1) is 29.4 Å². The fourth-order valence-corrected chi connectivity index (χ4v) is 15.0. The van der Waals surface area contributed by atoms with Gasteiger partial charge in [0.25, 0.3) is 6.23 Å². The van der Waals surface area contributed by atoms with Gasteiger partial charge in [0.1, 0.15) is 48.1 Å². The summed E-state index contributed by atoms with van der Waals surface area (Å²) in [6.07, 6.45) is 13.6. The van der Waals surface area contributed by atoms with E-state index in [0.717, 1.165) is 88.3 Å². The van der Waals surface area contributed by atoms with Gasteiger partial charge < -0.3 is 35.6 Å². The maximum atomic E-state index is 13.7. The molecule has 2 aromatic carbocycles. The first kappa shape index (κ1) is 41.7. The monoisotopic (exact) mass is 887 g/mol. The molecule has 2 aromatic rings. The van der Waals surface area contributed by atoms with Crippen LogP contribution in [-0.4, -0.2) is 69.2 Å². The van der Waals surface area contributed by atoms with E-state index in [1.165, 1.54) is 5.56 Å². The molecule has 1 fully saturated rings. The smallest absolute Gasteiger partial charge is 0.252 e. The van der Waals surface area contributed by atoms with Crippen LogP contribution in [0.2, 0.25) is 0 Å². The van der Waals surface area contributed by atoms with Gasteiger partial charge in [-0.25, -0.2) is 0 Å². The fourth-order valence-electron chi connectivity index (χ4n) is 12.3. The molecule has 1 saturated carbocycles. The predicted octanol–water partition coefficient (Wildman–Crippen LogP) is 4.90. The number of hydrogen-bond acceptors (Lipinski definition) is 12. The molecule has 13 heteroatoms. The summed E-state index contributed by atoms with van der Waals surface area (Å²) >= 11 is 0. The van der Waals surface area contributed by atoms with Crippen molar-refractivity contribution in [1.29, 1.82) is 0 Å². The third-order valence-electron chi connectivity index (χ3n) is 15.6. The van der Waals surface area contributed by atoms with Gasteiger partial charge in [0, 0.05) is 71.5 Å². The Hall–Kier alpha value is -4.02. The lowest BCUT2D eigenvalue weighted by molar-refractivity contribution is -0.888. The lowest BCUT2D eigenvalue weighted by Crippen LogP contribution is -3.13. The lowest BCUT2D eigenvalue weighted by atomic mass is 9.61. The SMILES string of the molecule is C[C@@H]1C=C[C@@H]([C@@H](O)CC(=O)CCc2c(O)cc3c4c2CSSC[C@@]25CC[C@@H]6C7=CN=C8C[NH+](C=C78)[C@@H](O4)[C@H](C#C[C@H](O)c4ccc(c2c46)[C@H](N)NC5)C2(C#CO3)CCCC2)[C@H](O)C1. The van der Waals surface area contributed by atoms with Gasteiger partial charge in [-0.3, -0.25) is 20.0 Å². The summed E-state index contributed by atoms with van der Waals surface area (Å²) in [4.78, 5) is 19.8. The number of nitrogens with zero attached hydrogens (tertiary/aromatic N) is 1. The maximum Gasteiger partial charge on any atom is 0.252 e. The van der Waals surface area contributed by atoms with Gasteiger partial charge in [-0.2, -0.15) is 0 Å². The molecule has 0 radical (unpaired) electrons. The highest BCUT2D eigenvalue weighted by Gasteiger charge is 2.53. The van der Waals surface area contributed by atoms with E-state index in [-0.39, 0.29) is 54.2 Å². The Kier molecular flexibility index (Phi) is 10.7. The summed E-state index contributed by atoms with van der Waals surface area (Å²) in [6, 6.07) is 5.71. The Morgan fingerprint density at radius 1 is 1.14 bits per heavy atom. The van der Waals surface area contributed by atoms with Crippen LogP contribution in [0.3, 0.4) is 0 Å². The third-order valence-corrected chi connectivity index (χ3v) is 18.1. The number of aliphatic hydroxyl groups is 3. The molecule has 11 nitrogen and oxygen atoms in total. The molecule has 1 unspecified atom stereocenters. The zero-order valence-corrected chi connectivity index (χ0v) is 37.1. The summed E-state index contributed by atoms with van der Waals surface area (Å²) in [6.45, 7) is 3.29. The molecule has 63 heavy (non-hydrogen) atoms. The van der Waals surface area contributed by atoms with E-state index in [1.807, 2.05) is 31.3 Å². The Morgan fingerprint density at radius 3 is 2.83 bits per heavy atom. The average Bonchev–Trinajstić information content (AvgIpc) is 4.01. The van der Waals surface area contributed by atoms with Crippen molar-refractivity contribution < 1.29 is 39.6 Å². The van der Waals surface area contributed by atoms with Crippen LogP contribution in [0.1, 0.15) is 116 Å². The van der Waals surface area contributed by atoms with Crippen molar-refractivity contribution in [2.45, 2.75) is 119 Å². The number of benzene rings is 2. The van der Waals surface area contributed by atoms with Crippen LogP contribution < -0.4 is 25.4 Å². The largest absolute Gasteiger partial charge is 0.508 e. The number of aliphatic imine (C=N–C) groups is 1. The third kappa shape index (κ3) is 7.01. The number of carbonyl (C=O) groups excluding carboxylic acids is 1. The number of carbonyl (C=O) groups is 1. The normalized spacial score (nSPS) is 34.3. The number of phenolic OH excluding ortho intramolecular Hbond substituents is 1. The number of aromatic hydroxyl groups is 1. The molecule has 3 aliphatic carbocycles. The van der Waals surface area contributed by atoms with Crippen molar-refractivity contribution in [3.63, 3.8) is 0 Å². The van der Waals surface area contributed by atoms with Gasteiger partial charge in [0.2, 0.25) is 0 Å². The minimum absolute atomic E-state index is 0.00827. The van der Waals surface area contributed by atoms with Crippen LogP contribution in [-0.2, 0) is 22.4 Å². The topological polar surface area (TPSA) is 171 Å². The van der Waals surface area contributed by atoms with E-state index >= 15 is 0 Å². The van der Waals surface area contributed by atoms with E-state index in [9.17, 15) is 25.2 Å². The van der Waals surface area contributed by atoms with Crippen molar-refractivity contribution in [2.75, 3.05) is 18.8 Å². The molecule has 328 valence electrons. The van der Waals surface area contributed by atoms with Gasteiger partial charge in [-0.05, 0) is 72.3 Å². The second-order valence-electron chi connectivity index (χ2n) is 19.4. The zero-order chi connectivity index (χ0) is 43.2. The number of ether oxygens (including phenoxy) is 2. The number of quaternary nitrogens is 1. The highest BCUT2D eigenvalue weighted by molar-refractivity contribution is 8.76. The number of Topliss-reactive ketones (excluding diaryl/α,β-unsaturated/α-hetero) is 1. The zero-order valence-electron chi connectivity index (χ0n) is 35.5. The number of aliphatic hydroxyl groups excluding tert-OH is 3. The Labute approximate surface area is 376 Å². The van der Waals surface area contributed by atoms with Crippen molar-refractivity contribution in [2.24, 2.45) is 33.9 Å². The molecule has 8 heterocycles. The van der Waals surface area contributed by atoms with Crippen LogP contribution in [0.5, 0.6) is 17.2 Å². The molecule has 11 aliphatic rings. The number of nitrogens with one attached hydrogen (secondary N) is 2. The molecular formula is C50H55N4O7S2+. The highest BCUT2D eigenvalue weighted by Crippen LogP contribution is 2.56. The molecule has 0 aromatic heterocycles. The van der Waals surface area contributed by atoms with E-state index in [0.29, 0.717) is 42.3 Å². The van der Waals surface area contributed by atoms with Crippen molar-refractivity contribution in [3.05, 3.63) is 87.3 Å². The van der Waals surface area contributed by atoms with Gasteiger partial charge in [0.15, 0.2) is 11.5 Å². The highest BCUT2D eigenvalue weighted by atomic mass is 33.1. The number of rotatable bonds is 6. The number of nitrogens with two attached hydrogens (primary N) is 1. The molecule has 2 spiro atoms. The summed E-state index contributed by atoms with van der Waals surface area (Å²) in [5, 5.41) is 49.8. The minimum Gasteiger partial charge on any atom is -0.508 e. The lowest BCUT2D eigenvalue weighted by Gasteiger charge is -2.49. The summed E-state index contributed by atoms with van der Waals surface area (Å²) < 4.78 is 13.8. The first-order chi connectivity index (χ1) is 30.5. The summed E-state index contributed by atoms with van der Waals surface area (Å²) in [7, 11) is 3.45. The van der Waals surface area contributed by atoms with Crippen LogP contribution in [0.4, 0.5) is 0 Å². The second kappa shape index (κ2) is 16.1. The van der Waals surface area contributed by atoms with Crippen LogP contribution in [0, 0.1) is 47.0 Å². The molecule has 0 amide bonds. The number of hydrogen-bond donors (Lipinski definition) is 7. The van der Waals surface area contributed by atoms with Gasteiger partial charge in [-0.15, -0.1) is 0 Å². The Bertz CT molecular complexity index is 2520. The van der Waals surface area contributed by atoms with Crippen LogP contribution in [0.15, 0.2) is 58.9 Å². The van der Waals surface area contributed by atoms with E-state index in [2.05, 4.69) is 41.5 Å². The minimum atomic E-state index is -1.07. The van der Waals surface area contributed by atoms with E-state index in [1.54, 1.807) is 27.7 Å². The molecule has 13 rings (SSSR count). The first-order valence-electron chi connectivity index (χ1n) is 22.8. The van der Waals surface area contributed by atoms with Gasteiger partial charge in [-0.1, -0.05) is 83.4 Å². The first-order valence-corrected chi connectivity index (χ1v) is 25.3. The Morgan fingerprint density at radius 2 is 1.98 bits per heavy atom. The number of allylic oxidation sites excluding steroid dienone is 2. The van der Waals surface area contributed by atoms with E-state index in [4.69, 9.17) is 20.2 Å². The number of phenols is 1. The molecule has 0 saturated heterocycles. The second-order valence-corrected chi connectivity index (χ2v) is 21.9. The summed E-state index contributed by atoms with van der Waals surface area (Å²) in [5.74, 6) is 11.7. The number of ketones is 1. The van der Waals surface area contributed by atoms with Gasteiger partial charge >= 0.3 is 0 Å². The fraction of sp³-hybridized carbons (Fsp3) is 0.520. The quantitative estimate of drug-likeness (QED) is 0.120. The van der Waals surface area contributed by atoms with Crippen LogP contribution in [0.25, 0.3) is 0 Å². The molecular weight excluding hydrogens is 833 g/mol. The number of fused-ring (bicyclic) bond motifs is 2. The van der Waals surface area contributed by atoms with Crippen molar-refractivity contribution >= 4 is 33.1 Å².